The monoisotopic (exact) mass is 539 g/mol. The van der Waals surface area contributed by atoms with Crippen LogP contribution in [0.3, 0.4) is 0 Å². The smallest absolute Gasteiger partial charge is 0.347 e. The van der Waals surface area contributed by atoms with Crippen LogP contribution in [-0.4, -0.2) is 66.8 Å². The molecule has 0 bridgehead atoms. The van der Waals surface area contributed by atoms with Crippen LogP contribution < -0.4 is 15.4 Å². The van der Waals surface area contributed by atoms with Crippen LogP contribution in [0.25, 0.3) is 0 Å². The van der Waals surface area contributed by atoms with Crippen LogP contribution >= 0.6 is 18.9 Å². The molecule has 0 aromatic heterocycles. The number of phenols is 1. The molecule has 0 saturated carbocycles. The van der Waals surface area contributed by atoms with Gasteiger partial charge in [-0.3, -0.25) is 9.46 Å². The van der Waals surface area contributed by atoms with Gasteiger partial charge in [0.2, 0.25) is 5.91 Å². The van der Waals surface area contributed by atoms with E-state index in [2.05, 4.69) is 14.8 Å². The summed E-state index contributed by atoms with van der Waals surface area (Å²) >= 11 is 1.40. The Morgan fingerprint density at radius 2 is 1.94 bits per heavy atom. The molecule has 1 amide bonds. The third kappa shape index (κ3) is 8.32. The summed E-state index contributed by atoms with van der Waals surface area (Å²) in [4.78, 5) is 38.8. The van der Waals surface area contributed by atoms with Crippen molar-refractivity contribution >= 4 is 41.8 Å². The molecule has 2 aromatic carbocycles. The molecular weight excluding hydrogens is 513 g/mol. The summed E-state index contributed by atoms with van der Waals surface area (Å²) in [6, 6.07) is 11.1. The largest absolute Gasteiger partial charge is 0.507 e. The van der Waals surface area contributed by atoms with Crippen molar-refractivity contribution in [2.24, 2.45) is 0 Å². The molecule has 1 unspecified atom stereocenters. The second-order valence-electron chi connectivity index (χ2n) is 7.40. The Morgan fingerprint density at radius 1 is 1.22 bits per heavy atom. The van der Waals surface area contributed by atoms with E-state index in [4.69, 9.17) is 13.7 Å². The van der Waals surface area contributed by atoms with E-state index < -0.39 is 24.2 Å². The minimum absolute atomic E-state index is 0.00892. The van der Waals surface area contributed by atoms with E-state index in [0.717, 1.165) is 18.4 Å². The molecule has 3 rings (SSSR count). The number of rotatable bonds is 12. The van der Waals surface area contributed by atoms with E-state index in [-0.39, 0.29) is 36.4 Å². The fourth-order valence-electron chi connectivity index (χ4n) is 3.24. The van der Waals surface area contributed by atoms with Crippen LogP contribution in [0.5, 0.6) is 11.5 Å². The molecule has 12 nitrogen and oxygen atoms in total. The molecule has 14 heteroatoms. The van der Waals surface area contributed by atoms with E-state index in [9.17, 15) is 24.8 Å². The van der Waals surface area contributed by atoms with Crippen molar-refractivity contribution in [1.82, 2.24) is 4.67 Å². The van der Waals surface area contributed by atoms with Gasteiger partial charge in [-0.25, -0.2) is 4.79 Å². The first-order chi connectivity index (χ1) is 17.4. The van der Waals surface area contributed by atoms with Crippen LogP contribution in [0.1, 0.15) is 23.2 Å². The summed E-state index contributed by atoms with van der Waals surface area (Å²) in [5.74, 6) is -1.22. The van der Waals surface area contributed by atoms with Gasteiger partial charge in [0, 0.05) is 48.2 Å². The van der Waals surface area contributed by atoms with Crippen LogP contribution in [0.4, 0.5) is 5.69 Å². The summed E-state index contributed by atoms with van der Waals surface area (Å²) in [7, 11) is 0.854. The molecule has 0 aliphatic carbocycles. The lowest BCUT2D eigenvalue weighted by Crippen LogP contribution is -2.34. The SMILES string of the molecule is COSP(c1ccc(OC(=O)c2ccc(NC(=O)CCCO[N+](=O)[O-])cc2O)cc1)N1CCOCC1. The fourth-order valence-corrected chi connectivity index (χ4v) is 6.64. The van der Waals surface area contributed by atoms with Gasteiger partial charge in [-0.05, 0) is 42.8 Å². The molecule has 0 radical (unpaired) electrons. The van der Waals surface area contributed by atoms with Gasteiger partial charge in [0.25, 0.3) is 5.09 Å². The molecule has 0 spiro atoms. The maximum absolute atomic E-state index is 12.6. The molecule has 1 aliphatic heterocycles. The quantitative estimate of drug-likeness (QED) is 0.0779. The third-order valence-corrected chi connectivity index (χ3v) is 9.04. The second kappa shape index (κ2) is 14.0. The molecule has 1 heterocycles. The van der Waals surface area contributed by atoms with Gasteiger partial charge in [0.05, 0.1) is 34.2 Å². The van der Waals surface area contributed by atoms with Crippen LogP contribution in [0.15, 0.2) is 42.5 Å². The Morgan fingerprint density at radius 3 is 2.58 bits per heavy atom. The second-order valence-corrected chi connectivity index (χ2v) is 11.0. The number of phenolic OH excluding ortho intramolecular Hbond substituents is 1. The Balaban J connectivity index is 1.57. The normalized spacial score (nSPS) is 14.6. The van der Waals surface area contributed by atoms with Crippen molar-refractivity contribution in [1.29, 1.82) is 0 Å². The number of morpholine rings is 1. The lowest BCUT2D eigenvalue weighted by molar-refractivity contribution is -0.757. The number of amides is 1. The summed E-state index contributed by atoms with van der Waals surface area (Å²) < 4.78 is 18.5. The van der Waals surface area contributed by atoms with Crippen molar-refractivity contribution in [2.45, 2.75) is 12.8 Å². The van der Waals surface area contributed by atoms with Crippen molar-refractivity contribution in [3.63, 3.8) is 0 Å². The maximum atomic E-state index is 12.6. The Hall–Kier alpha value is -2.96. The minimum Gasteiger partial charge on any atom is -0.507 e. The predicted molar refractivity (Wildman–Crippen MR) is 134 cm³/mol. The van der Waals surface area contributed by atoms with Gasteiger partial charge < -0.3 is 28.9 Å². The molecule has 194 valence electrons. The first-order valence-electron chi connectivity index (χ1n) is 10.9. The summed E-state index contributed by atoms with van der Waals surface area (Å²) in [5.41, 5.74) is 0.197. The van der Waals surface area contributed by atoms with Gasteiger partial charge in [-0.1, -0.05) is 0 Å². The van der Waals surface area contributed by atoms with Gasteiger partial charge in [0.15, 0.2) is 0 Å². The highest BCUT2D eigenvalue weighted by molar-refractivity contribution is 8.54. The summed E-state index contributed by atoms with van der Waals surface area (Å²) in [5, 5.41) is 23.0. The molecule has 1 fully saturated rings. The number of hydrogen-bond donors (Lipinski definition) is 2. The van der Waals surface area contributed by atoms with E-state index in [1.165, 1.54) is 29.9 Å². The number of nitrogens with zero attached hydrogens (tertiary/aromatic N) is 2. The molecular formula is C22H26N3O9PS. The number of nitrogens with one attached hydrogen (secondary N) is 1. The van der Waals surface area contributed by atoms with Crippen molar-refractivity contribution < 1.29 is 38.3 Å². The molecule has 1 saturated heterocycles. The highest BCUT2D eigenvalue weighted by Gasteiger charge is 2.24. The highest BCUT2D eigenvalue weighted by atomic mass is 32.7. The molecule has 1 aliphatic rings. The van der Waals surface area contributed by atoms with Gasteiger partial charge in [0.1, 0.15) is 17.1 Å². The number of hydrogen-bond acceptors (Lipinski definition) is 11. The topological polar surface area (TPSA) is 150 Å². The lowest BCUT2D eigenvalue weighted by Gasteiger charge is -2.32. The lowest BCUT2D eigenvalue weighted by atomic mass is 10.1. The first kappa shape index (κ1) is 27.6. The molecule has 2 N–H and O–H groups in total. The van der Waals surface area contributed by atoms with Crippen LogP contribution in [0, 0.1) is 10.1 Å². The third-order valence-electron chi connectivity index (χ3n) is 4.90. The average Bonchev–Trinajstić information content (AvgIpc) is 2.86. The number of aromatic hydroxyl groups is 1. The summed E-state index contributed by atoms with van der Waals surface area (Å²) in [6.45, 7) is 2.76. The number of benzene rings is 2. The Labute approximate surface area is 212 Å². The zero-order valence-electron chi connectivity index (χ0n) is 19.5. The number of carbonyl (C=O) groups excluding carboxylic acids is 2. The van der Waals surface area contributed by atoms with Crippen LogP contribution in [0.2, 0.25) is 0 Å². The van der Waals surface area contributed by atoms with Crippen molar-refractivity contribution in [3.8, 4) is 11.5 Å². The Bertz CT molecular complexity index is 1050. The fraction of sp³-hybridized carbons (Fsp3) is 0.364. The number of anilines is 1. The van der Waals surface area contributed by atoms with E-state index in [1.54, 1.807) is 19.2 Å². The van der Waals surface area contributed by atoms with E-state index >= 15 is 0 Å². The van der Waals surface area contributed by atoms with Gasteiger partial charge in [-0.2, -0.15) is 0 Å². The highest BCUT2D eigenvalue weighted by Crippen LogP contribution is 2.52. The standard InChI is InChI=1S/C22H26N3O9PS/c1-31-36-35(24-10-13-32-14-11-24)18-7-5-17(6-8-18)34-22(28)19-9-4-16(15-20(19)26)23-21(27)3-2-12-33-25(29)30/h4-9,15,26H,2-3,10-14H2,1H3,(H,23,27). The van der Waals surface area contributed by atoms with Gasteiger partial charge in [-0.15, -0.1) is 10.1 Å². The number of carbonyl (C=O) groups is 2. The number of esters is 1. The van der Waals surface area contributed by atoms with Crippen LogP contribution in [-0.2, 0) is 18.6 Å². The predicted octanol–water partition coefficient (Wildman–Crippen LogP) is 3.10. The summed E-state index contributed by atoms with van der Waals surface area (Å²) in [6.07, 6.45) is 0.144. The van der Waals surface area contributed by atoms with E-state index in [0.29, 0.717) is 19.0 Å². The van der Waals surface area contributed by atoms with Crippen molar-refractivity contribution in [3.05, 3.63) is 58.1 Å². The van der Waals surface area contributed by atoms with Gasteiger partial charge >= 0.3 is 5.97 Å². The van der Waals surface area contributed by atoms with Crippen molar-refractivity contribution in [2.75, 3.05) is 45.3 Å². The number of ether oxygens (including phenoxy) is 2. The molecule has 2 aromatic rings. The Kier molecular flexibility index (Phi) is 10.7. The first-order valence-corrected chi connectivity index (χ1v) is 13.6. The average molecular weight is 540 g/mol. The maximum Gasteiger partial charge on any atom is 0.347 e. The zero-order valence-corrected chi connectivity index (χ0v) is 21.2. The molecule has 36 heavy (non-hydrogen) atoms. The minimum atomic E-state index is -0.925. The zero-order chi connectivity index (χ0) is 25.9. The molecule has 1 atom stereocenters. The van der Waals surface area contributed by atoms with E-state index in [1.807, 2.05) is 12.1 Å².